The molecule has 126 valence electrons. The van der Waals surface area contributed by atoms with Crippen molar-refractivity contribution in [3.63, 3.8) is 0 Å². The van der Waals surface area contributed by atoms with Crippen LogP contribution in [0.5, 0.6) is 0 Å². The molecule has 2 aromatic heterocycles. The van der Waals surface area contributed by atoms with Gasteiger partial charge in [-0.3, -0.25) is 9.59 Å². The summed E-state index contributed by atoms with van der Waals surface area (Å²) in [4.78, 5) is 28.9. The van der Waals surface area contributed by atoms with Gasteiger partial charge in [-0.05, 0) is 37.8 Å². The maximum atomic E-state index is 12.4. The number of ketones is 1. The molecule has 0 N–H and O–H groups in total. The monoisotopic (exact) mass is 345 g/mol. The van der Waals surface area contributed by atoms with Gasteiger partial charge in [-0.15, -0.1) is 11.3 Å². The van der Waals surface area contributed by atoms with Gasteiger partial charge in [0, 0.05) is 17.2 Å². The first-order valence-electron chi connectivity index (χ1n) is 8.39. The lowest BCUT2D eigenvalue weighted by Crippen LogP contribution is -2.39. The Kier molecular flexibility index (Phi) is 4.22. The van der Waals surface area contributed by atoms with Crippen LogP contribution in [0.25, 0.3) is 10.8 Å². The molecule has 0 spiro atoms. The van der Waals surface area contributed by atoms with E-state index in [2.05, 4.69) is 4.98 Å². The highest BCUT2D eigenvalue weighted by Gasteiger charge is 2.41. The van der Waals surface area contributed by atoms with Crippen molar-refractivity contribution in [3.05, 3.63) is 29.5 Å². The molecular formula is C18H19NO4S. The smallest absolute Gasteiger partial charge is 0.309 e. The minimum Gasteiger partial charge on any atom is -0.462 e. The van der Waals surface area contributed by atoms with Crippen LogP contribution in [0.3, 0.4) is 0 Å². The highest BCUT2D eigenvalue weighted by Crippen LogP contribution is 2.40. The zero-order chi connectivity index (χ0) is 16.5. The Labute approximate surface area is 144 Å². The largest absolute Gasteiger partial charge is 0.462 e. The van der Waals surface area contributed by atoms with Crippen molar-refractivity contribution in [2.45, 2.75) is 38.7 Å². The molecule has 2 saturated carbocycles. The summed E-state index contributed by atoms with van der Waals surface area (Å²) in [7, 11) is 0. The first-order valence-corrected chi connectivity index (χ1v) is 9.27. The summed E-state index contributed by atoms with van der Waals surface area (Å²) in [5, 5.41) is 2.66. The second kappa shape index (κ2) is 6.51. The number of Topliss-reactive ketones (excluding diaryl/α,β-unsaturated/α-hetero) is 1. The molecule has 2 aliphatic carbocycles. The van der Waals surface area contributed by atoms with Crippen LogP contribution in [0.15, 0.2) is 28.2 Å². The molecule has 2 aromatic rings. The fraction of sp³-hybridized carbons (Fsp3) is 0.500. The van der Waals surface area contributed by atoms with E-state index in [4.69, 9.17) is 9.15 Å². The van der Waals surface area contributed by atoms with Gasteiger partial charge in [-0.1, -0.05) is 6.42 Å². The van der Waals surface area contributed by atoms with Crippen molar-refractivity contribution < 1.29 is 18.7 Å². The molecule has 0 saturated heterocycles. The molecule has 4 rings (SSSR count). The van der Waals surface area contributed by atoms with Crippen molar-refractivity contribution in [1.82, 2.24) is 4.98 Å². The molecule has 6 heteroatoms. The summed E-state index contributed by atoms with van der Waals surface area (Å²) in [6.45, 7) is 0.176. The van der Waals surface area contributed by atoms with E-state index in [9.17, 15) is 9.59 Å². The number of thiazole rings is 1. The van der Waals surface area contributed by atoms with Crippen LogP contribution in [-0.4, -0.2) is 16.7 Å². The molecule has 0 amide bonds. The number of esters is 1. The maximum Gasteiger partial charge on any atom is 0.309 e. The van der Waals surface area contributed by atoms with Gasteiger partial charge < -0.3 is 9.15 Å². The van der Waals surface area contributed by atoms with Gasteiger partial charge in [0.2, 0.25) is 0 Å². The van der Waals surface area contributed by atoms with E-state index in [1.165, 1.54) is 11.3 Å². The van der Waals surface area contributed by atoms with Crippen molar-refractivity contribution >= 4 is 23.1 Å². The van der Waals surface area contributed by atoms with Crippen LogP contribution in [0.4, 0.5) is 0 Å². The predicted molar refractivity (Wildman–Crippen MR) is 88.2 cm³/mol. The third kappa shape index (κ3) is 3.02. The van der Waals surface area contributed by atoms with E-state index in [1.807, 2.05) is 17.5 Å². The normalized spacial score (nSPS) is 26.3. The SMILES string of the molecule is O=C(OCc1csc(-c2ccco2)n1)C1C[C@H]2CCC[C@@H](C1)C2=O. The van der Waals surface area contributed by atoms with Crippen LogP contribution in [0.2, 0.25) is 0 Å². The molecule has 2 bridgehead atoms. The van der Waals surface area contributed by atoms with Crippen LogP contribution in [-0.2, 0) is 20.9 Å². The van der Waals surface area contributed by atoms with Gasteiger partial charge in [-0.25, -0.2) is 4.98 Å². The molecule has 2 heterocycles. The van der Waals surface area contributed by atoms with Crippen LogP contribution in [0.1, 0.15) is 37.8 Å². The lowest BCUT2D eigenvalue weighted by molar-refractivity contribution is -0.154. The Bertz CT molecular complexity index is 720. The Morgan fingerprint density at radius 1 is 1.33 bits per heavy atom. The first kappa shape index (κ1) is 15.6. The van der Waals surface area contributed by atoms with Gasteiger partial charge in [0.25, 0.3) is 0 Å². The highest BCUT2D eigenvalue weighted by atomic mass is 32.1. The number of hydrogen-bond acceptors (Lipinski definition) is 6. The van der Waals surface area contributed by atoms with E-state index < -0.39 is 0 Å². The number of fused-ring (bicyclic) bond motifs is 2. The molecule has 5 nitrogen and oxygen atoms in total. The van der Waals surface area contributed by atoms with Gasteiger partial charge in [0.15, 0.2) is 10.8 Å². The number of carbonyl (C=O) groups is 2. The third-order valence-corrected chi connectivity index (χ3v) is 5.93. The summed E-state index contributed by atoms with van der Waals surface area (Å²) in [5.41, 5.74) is 0.729. The topological polar surface area (TPSA) is 69.4 Å². The molecule has 24 heavy (non-hydrogen) atoms. The lowest BCUT2D eigenvalue weighted by Gasteiger charge is -2.36. The molecule has 3 atom stereocenters. The summed E-state index contributed by atoms with van der Waals surface area (Å²) >= 11 is 1.47. The minimum absolute atomic E-state index is 0.0693. The number of carbonyl (C=O) groups excluding carboxylic acids is 2. The van der Waals surface area contributed by atoms with E-state index in [0.717, 1.165) is 35.7 Å². The second-order valence-corrected chi connectivity index (χ2v) is 7.48. The number of hydrogen-bond donors (Lipinski definition) is 0. The predicted octanol–water partition coefficient (Wildman–Crippen LogP) is 3.84. The summed E-state index contributed by atoms with van der Waals surface area (Å²) in [6.07, 6.45) is 5.88. The number of ether oxygens (including phenoxy) is 1. The van der Waals surface area contributed by atoms with Crippen LogP contribution in [0, 0.1) is 17.8 Å². The molecule has 0 aliphatic heterocycles. The van der Waals surface area contributed by atoms with Gasteiger partial charge in [0.1, 0.15) is 12.4 Å². The van der Waals surface area contributed by atoms with E-state index >= 15 is 0 Å². The molecule has 2 aliphatic rings. The summed E-state index contributed by atoms with van der Waals surface area (Å²) in [6, 6.07) is 3.67. The average Bonchev–Trinajstić information content (AvgIpc) is 3.23. The van der Waals surface area contributed by atoms with Crippen molar-refractivity contribution in [2.75, 3.05) is 0 Å². The van der Waals surface area contributed by atoms with Gasteiger partial charge in [-0.2, -0.15) is 0 Å². The number of furan rings is 1. The first-order chi connectivity index (χ1) is 11.7. The van der Waals surface area contributed by atoms with Crippen LogP contribution < -0.4 is 0 Å². The lowest BCUT2D eigenvalue weighted by atomic mass is 9.67. The fourth-order valence-corrected chi connectivity index (χ4v) is 4.59. The Morgan fingerprint density at radius 3 is 2.83 bits per heavy atom. The van der Waals surface area contributed by atoms with Crippen molar-refractivity contribution in [2.24, 2.45) is 17.8 Å². The Hall–Kier alpha value is -1.95. The van der Waals surface area contributed by atoms with Gasteiger partial charge >= 0.3 is 5.97 Å². The zero-order valence-electron chi connectivity index (χ0n) is 13.3. The molecule has 1 unspecified atom stereocenters. The standard InChI is InChI=1S/C18H19NO4S/c20-16-11-3-1-4-12(16)8-13(7-11)18(21)23-9-14-10-24-17(19-14)15-5-2-6-22-15/h2,5-6,10-13H,1,3-4,7-9H2/t11-,12+,13?. The van der Waals surface area contributed by atoms with Crippen LogP contribution >= 0.6 is 11.3 Å². The number of aromatic nitrogens is 1. The highest BCUT2D eigenvalue weighted by molar-refractivity contribution is 7.13. The Morgan fingerprint density at radius 2 is 2.12 bits per heavy atom. The van der Waals surface area contributed by atoms with E-state index in [1.54, 1.807) is 6.26 Å². The van der Waals surface area contributed by atoms with Crippen molar-refractivity contribution in [1.29, 1.82) is 0 Å². The van der Waals surface area contributed by atoms with E-state index in [0.29, 0.717) is 18.6 Å². The summed E-state index contributed by atoms with van der Waals surface area (Å²) < 4.78 is 10.8. The van der Waals surface area contributed by atoms with Gasteiger partial charge in [0.05, 0.1) is 17.9 Å². The van der Waals surface area contributed by atoms with E-state index in [-0.39, 0.29) is 30.3 Å². The fourth-order valence-electron chi connectivity index (χ4n) is 3.82. The molecule has 0 radical (unpaired) electrons. The number of nitrogens with zero attached hydrogens (tertiary/aromatic N) is 1. The van der Waals surface area contributed by atoms with Crippen molar-refractivity contribution in [3.8, 4) is 10.8 Å². The quantitative estimate of drug-likeness (QED) is 0.788. The number of rotatable bonds is 4. The average molecular weight is 345 g/mol. The maximum absolute atomic E-state index is 12.4. The minimum atomic E-state index is -0.188. The summed E-state index contributed by atoms with van der Waals surface area (Å²) in [5.74, 6) is 0.900. The molecule has 2 fully saturated rings. The molecular weight excluding hydrogens is 326 g/mol. The Balaban J connectivity index is 1.34. The third-order valence-electron chi connectivity index (χ3n) is 5.03. The molecule has 0 aromatic carbocycles. The zero-order valence-corrected chi connectivity index (χ0v) is 14.1. The second-order valence-electron chi connectivity index (χ2n) is 6.62.